The van der Waals surface area contributed by atoms with Crippen LogP contribution >= 0.6 is 11.8 Å². The van der Waals surface area contributed by atoms with Crippen LogP contribution in [0.4, 0.5) is 0 Å². The van der Waals surface area contributed by atoms with Crippen molar-refractivity contribution < 1.29 is 0 Å². The molecule has 2 aromatic rings. The fraction of sp³-hybridized carbons (Fsp3) is 0.471. The van der Waals surface area contributed by atoms with Crippen LogP contribution in [0.1, 0.15) is 24.2 Å². The number of hydrogen-bond donors (Lipinski definition) is 1. The predicted molar refractivity (Wildman–Crippen MR) is 89.8 cm³/mol. The monoisotopic (exact) mass is 301 g/mol. The van der Waals surface area contributed by atoms with Crippen LogP contribution in [0.2, 0.25) is 0 Å². The Balaban J connectivity index is 1.50. The molecule has 1 atom stereocenters. The molecule has 0 radical (unpaired) electrons. The van der Waals surface area contributed by atoms with Gasteiger partial charge in [0, 0.05) is 43.7 Å². The SMILES string of the molecule is c1ccc(Cn2ccnc2CCN[C@H]2CCCSC2)cc1. The van der Waals surface area contributed by atoms with Crippen LogP contribution in [0.25, 0.3) is 0 Å². The van der Waals surface area contributed by atoms with Gasteiger partial charge in [-0.25, -0.2) is 4.98 Å². The number of rotatable bonds is 6. The van der Waals surface area contributed by atoms with Gasteiger partial charge in [-0.05, 0) is 24.2 Å². The Labute approximate surface area is 131 Å². The van der Waals surface area contributed by atoms with Crippen LogP contribution in [0.5, 0.6) is 0 Å². The third-order valence-corrected chi connectivity index (χ3v) is 5.15. The maximum atomic E-state index is 4.51. The highest BCUT2D eigenvalue weighted by Gasteiger charge is 2.13. The van der Waals surface area contributed by atoms with Crippen molar-refractivity contribution in [1.82, 2.24) is 14.9 Å². The van der Waals surface area contributed by atoms with Crippen LogP contribution < -0.4 is 5.32 Å². The molecule has 1 fully saturated rings. The lowest BCUT2D eigenvalue weighted by atomic mass is 10.2. The van der Waals surface area contributed by atoms with Gasteiger partial charge in [-0.2, -0.15) is 11.8 Å². The van der Waals surface area contributed by atoms with E-state index in [0.29, 0.717) is 6.04 Å². The van der Waals surface area contributed by atoms with E-state index < -0.39 is 0 Å². The van der Waals surface area contributed by atoms with Crippen molar-refractivity contribution in [3.05, 3.63) is 54.1 Å². The summed E-state index contributed by atoms with van der Waals surface area (Å²) in [5.41, 5.74) is 1.33. The second-order valence-electron chi connectivity index (χ2n) is 5.58. The molecule has 0 bridgehead atoms. The summed E-state index contributed by atoms with van der Waals surface area (Å²) in [6.07, 6.45) is 7.67. The van der Waals surface area contributed by atoms with Crippen molar-refractivity contribution in [2.24, 2.45) is 0 Å². The molecule has 3 rings (SSSR count). The summed E-state index contributed by atoms with van der Waals surface area (Å²) < 4.78 is 2.26. The summed E-state index contributed by atoms with van der Waals surface area (Å²) in [6, 6.07) is 11.3. The standard InChI is InChI=1S/C17H23N3S/c1-2-5-15(6-3-1)13-20-11-10-19-17(20)8-9-18-16-7-4-12-21-14-16/h1-3,5-6,10-11,16,18H,4,7-9,12-14H2/t16-/m0/s1. The number of nitrogens with one attached hydrogen (secondary N) is 1. The molecule has 1 aliphatic heterocycles. The molecule has 4 heteroatoms. The first-order chi connectivity index (χ1) is 10.4. The third kappa shape index (κ3) is 4.35. The molecule has 1 aliphatic rings. The fourth-order valence-corrected chi connectivity index (χ4v) is 3.89. The summed E-state index contributed by atoms with van der Waals surface area (Å²) in [5, 5.41) is 3.68. The fourth-order valence-electron chi connectivity index (χ4n) is 2.78. The van der Waals surface area contributed by atoms with Gasteiger partial charge in [0.25, 0.3) is 0 Å². The zero-order valence-corrected chi connectivity index (χ0v) is 13.2. The molecule has 3 nitrogen and oxygen atoms in total. The van der Waals surface area contributed by atoms with Gasteiger partial charge in [-0.3, -0.25) is 0 Å². The van der Waals surface area contributed by atoms with E-state index in [1.54, 1.807) is 0 Å². The number of hydrogen-bond acceptors (Lipinski definition) is 3. The van der Waals surface area contributed by atoms with Crippen molar-refractivity contribution in [3.8, 4) is 0 Å². The quantitative estimate of drug-likeness (QED) is 0.889. The second kappa shape index (κ2) is 7.66. The normalized spacial score (nSPS) is 18.8. The Morgan fingerprint density at radius 1 is 1.29 bits per heavy atom. The summed E-state index contributed by atoms with van der Waals surface area (Å²) in [5.74, 6) is 3.77. The van der Waals surface area contributed by atoms with Crippen LogP contribution in [0.15, 0.2) is 42.7 Å². The molecule has 21 heavy (non-hydrogen) atoms. The molecule has 1 aromatic carbocycles. The first kappa shape index (κ1) is 14.7. The van der Waals surface area contributed by atoms with Crippen molar-refractivity contribution in [3.63, 3.8) is 0 Å². The highest BCUT2D eigenvalue weighted by atomic mass is 32.2. The van der Waals surface area contributed by atoms with E-state index in [1.807, 2.05) is 6.20 Å². The minimum atomic E-state index is 0.696. The Hall–Kier alpha value is -1.26. The first-order valence-electron chi connectivity index (χ1n) is 7.77. The molecule has 112 valence electrons. The third-order valence-electron chi connectivity index (χ3n) is 3.94. The van der Waals surface area contributed by atoms with E-state index in [2.05, 4.69) is 63.2 Å². The van der Waals surface area contributed by atoms with E-state index in [1.165, 1.54) is 35.7 Å². The van der Waals surface area contributed by atoms with Crippen molar-refractivity contribution in [2.45, 2.75) is 31.8 Å². The van der Waals surface area contributed by atoms with E-state index >= 15 is 0 Å². The van der Waals surface area contributed by atoms with E-state index in [4.69, 9.17) is 0 Å². The summed E-state index contributed by atoms with van der Waals surface area (Å²) in [7, 11) is 0. The molecule has 1 N–H and O–H groups in total. The largest absolute Gasteiger partial charge is 0.330 e. The first-order valence-corrected chi connectivity index (χ1v) is 8.92. The maximum absolute atomic E-state index is 4.51. The molecule has 0 aliphatic carbocycles. The Morgan fingerprint density at radius 3 is 3.00 bits per heavy atom. The van der Waals surface area contributed by atoms with Crippen LogP contribution in [-0.4, -0.2) is 33.6 Å². The smallest absolute Gasteiger partial charge is 0.110 e. The molecule has 1 saturated heterocycles. The van der Waals surface area contributed by atoms with E-state index in [0.717, 1.165) is 19.5 Å². The number of nitrogens with zero attached hydrogens (tertiary/aromatic N) is 2. The zero-order chi connectivity index (χ0) is 14.3. The van der Waals surface area contributed by atoms with Crippen molar-refractivity contribution in [1.29, 1.82) is 0 Å². The zero-order valence-electron chi connectivity index (χ0n) is 12.4. The van der Waals surface area contributed by atoms with Crippen LogP contribution in [0, 0.1) is 0 Å². The maximum Gasteiger partial charge on any atom is 0.110 e. The molecule has 0 unspecified atom stereocenters. The molecule has 2 heterocycles. The summed E-state index contributed by atoms with van der Waals surface area (Å²) >= 11 is 2.07. The highest BCUT2D eigenvalue weighted by molar-refractivity contribution is 7.99. The number of aromatic nitrogens is 2. The van der Waals surface area contributed by atoms with E-state index in [9.17, 15) is 0 Å². The lowest BCUT2D eigenvalue weighted by Gasteiger charge is -2.22. The van der Waals surface area contributed by atoms with Gasteiger partial charge < -0.3 is 9.88 Å². The van der Waals surface area contributed by atoms with Crippen LogP contribution in [-0.2, 0) is 13.0 Å². The van der Waals surface area contributed by atoms with Crippen molar-refractivity contribution in [2.75, 3.05) is 18.1 Å². The van der Waals surface area contributed by atoms with Gasteiger partial charge in [-0.15, -0.1) is 0 Å². The number of imidazole rings is 1. The highest BCUT2D eigenvalue weighted by Crippen LogP contribution is 2.16. The summed E-state index contributed by atoms with van der Waals surface area (Å²) in [4.78, 5) is 4.51. The van der Waals surface area contributed by atoms with Gasteiger partial charge >= 0.3 is 0 Å². The minimum absolute atomic E-state index is 0.696. The topological polar surface area (TPSA) is 29.9 Å². The Morgan fingerprint density at radius 2 is 2.19 bits per heavy atom. The summed E-state index contributed by atoms with van der Waals surface area (Å²) in [6.45, 7) is 1.94. The van der Waals surface area contributed by atoms with Crippen molar-refractivity contribution >= 4 is 11.8 Å². The van der Waals surface area contributed by atoms with Gasteiger partial charge in [-0.1, -0.05) is 30.3 Å². The molecular weight excluding hydrogens is 278 g/mol. The van der Waals surface area contributed by atoms with Gasteiger partial charge in [0.1, 0.15) is 5.82 Å². The van der Waals surface area contributed by atoms with E-state index in [-0.39, 0.29) is 0 Å². The lowest BCUT2D eigenvalue weighted by Crippen LogP contribution is -2.35. The average Bonchev–Trinajstić information content (AvgIpc) is 2.97. The number of thioether (sulfide) groups is 1. The van der Waals surface area contributed by atoms with Gasteiger partial charge in [0.05, 0.1) is 0 Å². The average molecular weight is 301 g/mol. The lowest BCUT2D eigenvalue weighted by molar-refractivity contribution is 0.504. The number of benzene rings is 1. The second-order valence-corrected chi connectivity index (χ2v) is 6.72. The predicted octanol–water partition coefficient (Wildman–Crippen LogP) is 2.96. The van der Waals surface area contributed by atoms with Gasteiger partial charge in [0.15, 0.2) is 0 Å². The molecule has 0 spiro atoms. The molecule has 0 amide bonds. The minimum Gasteiger partial charge on any atom is -0.330 e. The Bertz CT molecular complexity index is 532. The molecule has 0 saturated carbocycles. The molecular formula is C17H23N3S. The van der Waals surface area contributed by atoms with Gasteiger partial charge in [0.2, 0.25) is 0 Å². The Kier molecular flexibility index (Phi) is 5.35. The molecule has 1 aromatic heterocycles. The van der Waals surface area contributed by atoms with Crippen LogP contribution in [0.3, 0.4) is 0 Å².